The molecule has 0 fully saturated rings. The Morgan fingerprint density at radius 2 is 0.952 bits per heavy atom. The summed E-state index contributed by atoms with van der Waals surface area (Å²) in [5.41, 5.74) is 9.89. The maximum absolute atomic E-state index is 6.27. The van der Waals surface area contributed by atoms with E-state index in [1.165, 1.54) is 33.0 Å². The first kappa shape index (κ1) is 24.2. The second-order valence-electron chi connectivity index (χ2n) is 10.6. The minimum absolute atomic E-state index is 0.887. The topological polar surface area (TPSA) is 16.4 Å². The summed E-state index contributed by atoms with van der Waals surface area (Å²) in [4.78, 5) is 2.31. The number of hydrogen-bond donors (Lipinski definition) is 0. The maximum atomic E-state index is 6.27. The van der Waals surface area contributed by atoms with E-state index in [1.807, 2.05) is 6.07 Å². The molecule has 8 rings (SSSR count). The van der Waals surface area contributed by atoms with E-state index in [0.717, 1.165) is 39.0 Å². The number of fused-ring (bicyclic) bond motifs is 4. The van der Waals surface area contributed by atoms with Gasteiger partial charge in [-0.15, -0.1) is 0 Å². The number of rotatable bonds is 5. The average molecular weight is 538 g/mol. The quantitative estimate of drug-likeness (QED) is 0.217. The van der Waals surface area contributed by atoms with Crippen LogP contribution in [0.15, 0.2) is 168 Å². The molecule has 0 saturated carbocycles. The molecular formula is C40H27NO. The first-order chi connectivity index (χ1) is 20.8. The van der Waals surface area contributed by atoms with Crippen molar-refractivity contribution in [1.82, 2.24) is 0 Å². The number of nitrogens with zero attached hydrogens (tertiary/aromatic N) is 1. The number of benzene rings is 7. The Kier molecular flexibility index (Phi) is 5.82. The van der Waals surface area contributed by atoms with Crippen LogP contribution in [0, 0.1) is 0 Å². The van der Waals surface area contributed by atoms with Gasteiger partial charge in [0.2, 0.25) is 0 Å². The molecule has 0 aliphatic rings. The highest BCUT2D eigenvalue weighted by Gasteiger charge is 2.16. The summed E-state index contributed by atoms with van der Waals surface area (Å²) < 4.78 is 6.27. The fourth-order valence-electron chi connectivity index (χ4n) is 6.01. The summed E-state index contributed by atoms with van der Waals surface area (Å²) in [7, 11) is 0. The molecule has 7 aromatic carbocycles. The van der Waals surface area contributed by atoms with Crippen LogP contribution in [-0.2, 0) is 0 Å². The van der Waals surface area contributed by atoms with Gasteiger partial charge in [-0.1, -0.05) is 109 Å². The van der Waals surface area contributed by atoms with Crippen molar-refractivity contribution in [2.45, 2.75) is 0 Å². The van der Waals surface area contributed by atoms with E-state index in [9.17, 15) is 0 Å². The third-order valence-corrected chi connectivity index (χ3v) is 8.06. The number of furan rings is 1. The molecule has 2 heteroatoms. The zero-order valence-corrected chi connectivity index (χ0v) is 22.9. The second kappa shape index (κ2) is 10.1. The lowest BCUT2D eigenvalue weighted by atomic mass is 9.98. The van der Waals surface area contributed by atoms with Gasteiger partial charge in [0.1, 0.15) is 11.2 Å². The van der Waals surface area contributed by atoms with Gasteiger partial charge in [-0.3, -0.25) is 0 Å². The lowest BCUT2D eigenvalue weighted by Crippen LogP contribution is -2.09. The third-order valence-electron chi connectivity index (χ3n) is 8.06. The van der Waals surface area contributed by atoms with E-state index in [0.29, 0.717) is 0 Å². The minimum atomic E-state index is 0.887. The molecule has 1 heterocycles. The monoisotopic (exact) mass is 537 g/mol. The van der Waals surface area contributed by atoms with E-state index in [-0.39, 0.29) is 0 Å². The van der Waals surface area contributed by atoms with Crippen molar-refractivity contribution in [3.05, 3.63) is 164 Å². The molecule has 0 unspecified atom stereocenters. The summed E-state index contributed by atoms with van der Waals surface area (Å²) in [6.45, 7) is 0. The van der Waals surface area contributed by atoms with Gasteiger partial charge < -0.3 is 9.32 Å². The van der Waals surface area contributed by atoms with Crippen molar-refractivity contribution in [3.8, 4) is 22.3 Å². The molecule has 42 heavy (non-hydrogen) atoms. The van der Waals surface area contributed by atoms with E-state index in [4.69, 9.17) is 4.42 Å². The Morgan fingerprint density at radius 3 is 1.76 bits per heavy atom. The summed E-state index contributed by atoms with van der Waals surface area (Å²) in [6, 6.07) is 58.0. The smallest absolute Gasteiger partial charge is 0.135 e. The molecule has 0 radical (unpaired) electrons. The molecule has 0 atom stereocenters. The largest absolute Gasteiger partial charge is 0.456 e. The molecule has 0 N–H and O–H groups in total. The fraction of sp³-hybridized carbons (Fsp3) is 0. The molecule has 1 aromatic heterocycles. The Balaban J connectivity index is 1.25. The number of para-hydroxylation sites is 1. The van der Waals surface area contributed by atoms with E-state index >= 15 is 0 Å². The number of anilines is 3. The summed E-state index contributed by atoms with van der Waals surface area (Å²) in [5, 5.41) is 4.74. The molecule has 0 spiro atoms. The van der Waals surface area contributed by atoms with Crippen LogP contribution in [0.4, 0.5) is 17.1 Å². The molecule has 0 bridgehead atoms. The minimum Gasteiger partial charge on any atom is -0.456 e. The van der Waals surface area contributed by atoms with Gasteiger partial charge in [0, 0.05) is 27.8 Å². The van der Waals surface area contributed by atoms with Crippen molar-refractivity contribution in [3.63, 3.8) is 0 Å². The van der Waals surface area contributed by atoms with Gasteiger partial charge >= 0.3 is 0 Å². The number of hydrogen-bond acceptors (Lipinski definition) is 2. The second-order valence-corrected chi connectivity index (χ2v) is 10.6. The van der Waals surface area contributed by atoms with Crippen molar-refractivity contribution >= 4 is 49.8 Å². The summed E-state index contributed by atoms with van der Waals surface area (Å²) >= 11 is 0. The molecule has 198 valence electrons. The zero-order valence-electron chi connectivity index (χ0n) is 22.9. The van der Waals surface area contributed by atoms with Crippen LogP contribution in [0.25, 0.3) is 55.0 Å². The van der Waals surface area contributed by atoms with Crippen LogP contribution < -0.4 is 4.90 Å². The molecule has 0 aliphatic heterocycles. The van der Waals surface area contributed by atoms with E-state index in [1.54, 1.807) is 0 Å². The van der Waals surface area contributed by atoms with Gasteiger partial charge in [0.15, 0.2) is 0 Å². The highest BCUT2D eigenvalue weighted by atomic mass is 16.3. The van der Waals surface area contributed by atoms with Crippen molar-refractivity contribution < 1.29 is 4.42 Å². The molecular weight excluding hydrogens is 510 g/mol. The molecule has 8 aromatic rings. The molecule has 0 aliphatic carbocycles. The predicted octanol–water partition coefficient (Wildman–Crippen LogP) is 11.5. The highest BCUT2D eigenvalue weighted by molar-refractivity contribution is 6.08. The van der Waals surface area contributed by atoms with E-state index in [2.05, 4.69) is 163 Å². The first-order valence-electron chi connectivity index (χ1n) is 14.3. The first-order valence-corrected chi connectivity index (χ1v) is 14.3. The van der Waals surface area contributed by atoms with Crippen LogP contribution in [-0.4, -0.2) is 0 Å². The Morgan fingerprint density at radius 1 is 0.357 bits per heavy atom. The summed E-state index contributed by atoms with van der Waals surface area (Å²) in [6.07, 6.45) is 0. The maximum Gasteiger partial charge on any atom is 0.135 e. The van der Waals surface area contributed by atoms with Gasteiger partial charge in [-0.2, -0.15) is 0 Å². The molecule has 0 amide bonds. The Hall–Kier alpha value is -5.60. The van der Waals surface area contributed by atoms with Crippen LogP contribution in [0.1, 0.15) is 0 Å². The zero-order chi connectivity index (χ0) is 27.9. The van der Waals surface area contributed by atoms with Gasteiger partial charge in [0.25, 0.3) is 0 Å². The normalized spacial score (nSPS) is 11.3. The van der Waals surface area contributed by atoms with Gasteiger partial charge in [-0.25, -0.2) is 0 Å². The van der Waals surface area contributed by atoms with Crippen LogP contribution in [0.2, 0.25) is 0 Å². The average Bonchev–Trinajstić information content (AvgIpc) is 3.43. The third kappa shape index (κ3) is 4.22. The van der Waals surface area contributed by atoms with Crippen LogP contribution >= 0.6 is 0 Å². The molecule has 2 nitrogen and oxygen atoms in total. The Labute approximate surface area is 244 Å². The van der Waals surface area contributed by atoms with Gasteiger partial charge in [0.05, 0.1) is 0 Å². The van der Waals surface area contributed by atoms with Crippen LogP contribution in [0.5, 0.6) is 0 Å². The predicted molar refractivity (Wildman–Crippen MR) is 177 cm³/mol. The van der Waals surface area contributed by atoms with Crippen molar-refractivity contribution in [2.24, 2.45) is 0 Å². The standard InChI is InChI=1S/C40H27NO/c1-3-10-28(11-4-1)31-20-24-39-37(26-31)38-27-34(23-25-40(38)42-39)41(32-14-5-2-6-15-32)33-21-18-30(19-22-33)36-17-9-13-29-12-7-8-16-35(29)36/h1-27H. The van der Waals surface area contributed by atoms with Gasteiger partial charge in [-0.05, 0) is 87.6 Å². The van der Waals surface area contributed by atoms with Crippen molar-refractivity contribution in [1.29, 1.82) is 0 Å². The Bertz CT molecular complexity index is 2170. The summed E-state index contributed by atoms with van der Waals surface area (Å²) in [5.74, 6) is 0. The lowest BCUT2D eigenvalue weighted by molar-refractivity contribution is 0.669. The lowest BCUT2D eigenvalue weighted by Gasteiger charge is -2.25. The fourth-order valence-corrected chi connectivity index (χ4v) is 6.01. The SMILES string of the molecule is c1ccc(-c2ccc3oc4ccc(N(c5ccccc5)c5ccc(-c6cccc7ccccc67)cc5)cc4c3c2)cc1. The van der Waals surface area contributed by atoms with Crippen LogP contribution in [0.3, 0.4) is 0 Å². The van der Waals surface area contributed by atoms with Crippen molar-refractivity contribution in [2.75, 3.05) is 4.90 Å². The highest BCUT2D eigenvalue weighted by Crippen LogP contribution is 2.40. The van der Waals surface area contributed by atoms with E-state index < -0.39 is 0 Å². The molecule has 0 saturated heterocycles.